The van der Waals surface area contributed by atoms with Crippen molar-refractivity contribution in [1.82, 2.24) is 4.98 Å². The van der Waals surface area contributed by atoms with Gasteiger partial charge in [-0.05, 0) is 45.4 Å². The molecule has 0 spiro atoms. The van der Waals surface area contributed by atoms with Crippen LogP contribution in [0.2, 0.25) is 5.15 Å². The fourth-order valence-corrected chi connectivity index (χ4v) is 1.79. The number of nitrogens with zero attached hydrogens (tertiary/aromatic N) is 2. The van der Waals surface area contributed by atoms with Crippen molar-refractivity contribution in [2.45, 2.75) is 32.4 Å². The first kappa shape index (κ1) is 13.3. The summed E-state index contributed by atoms with van der Waals surface area (Å²) in [6.07, 6.45) is 1.57. The average molecular weight is 259 g/mol. The van der Waals surface area contributed by atoms with Crippen molar-refractivity contribution in [3.05, 3.63) is 28.5 Å². The average Bonchev–Trinajstić information content (AvgIpc) is 2.11. The maximum absolute atomic E-state index is 11.7. The lowest BCUT2D eigenvalue weighted by Crippen LogP contribution is -2.19. The molecule has 88 valence electrons. The predicted octanol–water partition coefficient (Wildman–Crippen LogP) is 2.92. The molecule has 0 amide bonds. The van der Waals surface area contributed by atoms with Crippen LogP contribution in [0.1, 0.15) is 32.0 Å². The minimum absolute atomic E-state index is 0.345. The van der Waals surface area contributed by atoms with Crippen LogP contribution in [0, 0.1) is 6.92 Å². The van der Waals surface area contributed by atoms with Crippen molar-refractivity contribution in [2.75, 3.05) is 0 Å². The topological polar surface area (TPSA) is 42.3 Å². The zero-order valence-electron chi connectivity index (χ0n) is 9.82. The van der Waals surface area contributed by atoms with Crippen LogP contribution in [-0.4, -0.2) is 20.2 Å². The number of halogens is 1. The second kappa shape index (κ2) is 5.06. The highest BCUT2D eigenvalue weighted by Crippen LogP contribution is 2.13. The quantitative estimate of drug-likeness (QED) is 0.605. The van der Waals surface area contributed by atoms with Gasteiger partial charge >= 0.3 is 0 Å². The summed E-state index contributed by atoms with van der Waals surface area (Å²) in [6, 6.07) is 3.53. The molecular weight excluding hydrogens is 244 g/mol. The van der Waals surface area contributed by atoms with E-state index in [1.54, 1.807) is 12.3 Å². The van der Waals surface area contributed by atoms with E-state index in [-0.39, 0.29) is 4.75 Å². The van der Waals surface area contributed by atoms with E-state index in [1.165, 1.54) is 0 Å². The highest BCUT2D eigenvalue weighted by molar-refractivity contribution is 7.85. The van der Waals surface area contributed by atoms with Gasteiger partial charge in [-0.3, -0.25) is 0 Å². The van der Waals surface area contributed by atoms with Crippen molar-refractivity contribution >= 4 is 28.8 Å². The molecule has 16 heavy (non-hydrogen) atoms. The molecule has 0 aliphatic carbocycles. The first-order valence-electron chi connectivity index (χ1n) is 4.89. The van der Waals surface area contributed by atoms with Gasteiger partial charge in [0.05, 0.1) is 4.75 Å². The SMILES string of the molecule is Cc1cc(C=NS(=O)C(C)(C)C)cc(Cl)n1. The molecule has 0 saturated heterocycles. The Morgan fingerprint density at radius 2 is 2.06 bits per heavy atom. The summed E-state index contributed by atoms with van der Waals surface area (Å²) in [7, 11) is -1.25. The lowest BCUT2D eigenvalue weighted by molar-refractivity contribution is 0.651. The monoisotopic (exact) mass is 258 g/mol. The van der Waals surface area contributed by atoms with Crippen LogP contribution in [0.15, 0.2) is 16.5 Å². The Labute approximate surface area is 104 Å². The lowest BCUT2D eigenvalue weighted by atomic mass is 10.2. The Kier molecular flexibility index (Phi) is 4.21. The summed E-state index contributed by atoms with van der Waals surface area (Å²) in [4.78, 5) is 4.04. The second-order valence-electron chi connectivity index (χ2n) is 4.46. The van der Waals surface area contributed by atoms with Crippen molar-refractivity contribution in [3.8, 4) is 0 Å². The zero-order valence-corrected chi connectivity index (χ0v) is 11.4. The van der Waals surface area contributed by atoms with Gasteiger partial charge in [0.2, 0.25) is 0 Å². The Morgan fingerprint density at radius 1 is 1.44 bits per heavy atom. The van der Waals surface area contributed by atoms with E-state index in [0.29, 0.717) is 5.15 Å². The molecular formula is C11H15ClN2OS. The maximum Gasteiger partial charge on any atom is 0.144 e. The molecule has 1 heterocycles. The number of pyridine rings is 1. The van der Waals surface area contributed by atoms with E-state index < -0.39 is 11.0 Å². The smallest absolute Gasteiger partial charge is 0.144 e. The summed E-state index contributed by atoms with van der Waals surface area (Å²) in [6.45, 7) is 7.49. The van der Waals surface area contributed by atoms with Gasteiger partial charge in [0.1, 0.15) is 16.1 Å². The third-order valence-electron chi connectivity index (χ3n) is 1.77. The number of hydrogen-bond donors (Lipinski definition) is 0. The molecule has 0 aliphatic rings. The molecule has 0 aromatic carbocycles. The molecule has 5 heteroatoms. The summed E-state index contributed by atoms with van der Waals surface area (Å²) >= 11 is 5.81. The fraction of sp³-hybridized carbons (Fsp3) is 0.455. The third-order valence-corrected chi connectivity index (χ3v) is 3.30. The molecule has 1 aromatic heterocycles. The highest BCUT2D eigenvalue weighted by Gasteiger charge is 2.18. The largest absolute Gasteiger partial charge is 0.241 e. The van der Waals surface area contributed by atoms with Gasteiger partial charge < -0.3 is 0 Å². The standard InChI is InChI=1S/C11H15ClN2OS/c1-8-5-9(6-10(12)14-8)7-13-16(15)11(2,3)4/h5-7H,1-4H3. The van der Waals surface area contributed by atoms with Crippen LogP contribution in [-0.2, 0) is 11.0 Å². The summed E-state index contributed by atoms with van der Waals surface area (Å²) < 4.78 is 15.3. The van der Waals surface area contributed by atoms with Crippen LogP contribution in [0.3, 0.4) is 0 Å². The van der Waals surface area contributed by atoms with E-state index >= 15 is 0 Å². The second-order valence-corrected chi connectivity index (χ2v) is 6.78. The van der Waals surface area contributed by atoms with Gasteiger partial charge in [-0.2, -0.15) is 4.40 Å². The zero-order chi connectivity index (χ0) is 12.3. The van der Waals surface area contributed by atoms with Gasteiger partial charge in [0.15, 0.2) is 0 Å². The number of aryl methyl sites for hydroxylation is 1. The predicted molar refractivity (Wildman–Crippen MR) is 69.5 cm³/mol. The first-order chi connectivity index (χ1) is 7.29. The Morgan fingerprint density at radius 3 is 2.56 bits per heavy atom. The van der Waals surface area contributed by atoms with Crippen LogP contribution in [0.5, 0.6) is 0 Å². The Hall–Kier alpha value is -0.740. The number of rotatable bonds is 2. The molecule has 1 unspecified atom stereocenters. The van der Waals surface area contributed by atoms with E-state index in [1.807, 2.05) is 33.8 Å². The molecule has 1 rings (SSSR count). The summed E-state index contributed by atoms with van der Waals surface area (Å²) in [5, 5.41) is 0.419. The highest BCUT2D eigenvalue weighted by atomic mass is 35.5. The van der Waals surface area contributed by atoms with E-state index in [4.69, 9.17) is 11.6 Å². The van der Waals surface area contributed by atoms with Crippen LogP contribution >= 0.6 is 11.6 Å². The molecule has 0 saturated carbocycles. The molecule has 0 fully saturated rings. The van der Waals surface area contributed by atoms with E-state index in [0.717, 1.165) is 11.3 Å². The molecule has 0 aliphatic heterocycles. The van der Waals surface area contributed by atoms with E-state index in [2.05, 4.69) is 9.38 Å². The van der Waals surface area contributed by atoms with Gasteiger partial charge in [-0.15, -0.1) is 0 Å². The Bertz CT molecular complexity index is 418. The maximum atomic E-state index is 11.7. The van der Waals surface area contributed by atoms with Crippen molar-refractivity contribution < 1.29 is 4.21 Å². The van der Waals surface area contributed by atoms with Gasteiger partial charge in [-0.1, -0.05) is 11.6 Å². The fourth-order valence-electron chi connectivity index (χ4n) is 0.995. The van der Waals surface area contributed by atoms with E-state index in [9.17, 15) is 4.21 Å². The molecule has 1 aromatic rings. The normalized spacial score (nSPS) is 14.3. The lowest BCUT2D eigenvalue weighted by Gasteiger charge is -2.12. The van der Waals surface area contributed by atoms with Crippen molar-refractivity contribution in [3.63, 3.8) is 0 Å². The van der Waals surface area contributed by atoms with Crippen LogP contribution in [0.4, 0.5) is 0 Å². The van der Waals surface area contributed by atoms with Crippen LogP contribution < -0.4 is 0 Å². The summed E-state index contributed by atoms with van der Waals surface area (Å²) in [5.74, 6) is 0. The molecule has 0 N–H and O–H groups in total. The van der Waals surface area contributed by atoms with Gasteiger partial charge in [0.25, 0.3) is 0 Å². The number of aromatic nitrogens is 1. The van der Waals surface area contributed by atoms with Crippen molar-refractivity contribution in [1.29, 1.82) is 0 Å². The number of hydrogen-bond acceptors (Lipinski definition) is 2. The first-order valence-corrected chi connectivity index (χ1v) is 6.38. The minimum Gasteiger partial charge on any atom is -0.241 e. The van der Waals surface area contributed by atoms with Crippen LogP contribution in [0.25, 0.3) is 0 Å². The van der Waals surface area contributed by atoms with Crippen molar-refractivity contribution in [2.24, 2.45) is 4.40 Å². The minimum atomic E-state index is -1.25. The molecule has 3 nitrogen and oxygen atoms in total. The third kappa shape index (κ3) is 4.02. The molecule has 1 atom stereocenters. The van der Waals surface area contributed by atoms with Gasteiger partial charge in [0, 0.05) is 11.9 Å². The Balaban J connectivity index is 2.89. The van der Waals surface area contributed by atoms with Gasteiger partial charge in [-0.25, -0.2) is 9.19 Å². The molecule has 0 radical (unpaired) electrons. The summed E-state index contributed by atoms with van der Waals surface area (Å²) in [5.41, 5.74) is 1.63. The molecule has 0 bridgehead atoms.